The maximum absolute atomic E-state index is 5.41. The highest BCUT2D eigenvalue weighted by molar-refractivity contribution is 7.80. The minimum absolute atomic E-state index is 0.665. The van der Waals surface area contributed by atoms with Gasteiger partial charge in [0.05, 0.1) is 0 Å². The van der Waals surface area contributed by atoms with Crippen LogP contribution in [-0.2, 0) is 6.42 Å². The number of hydrogen-bond acceptors (Lipinski definition) is 1. The molecule has 124 valence electrons. The van der Waals surface area contributed by atoms with E-state index in [0.29, 0.717) is 5.11 Å². The fraction of sp³-hybridized carbons (Fsp3) is 0.250. The predicted molar refractivity (Wildman–Crippen MR) is 107 cm³/mol. The van der Waals surface area contributed by atoms with Crippen molar-refractivity contribution in [3.05, 3.63) is 64.8 Å². The Hall–Kier alpha value is -2.33. The second kappa shape index (κ2) is 7.05. The van der Waals surface area contributed by atoms with Crippen LogP contribution in [0.15, 0.2) is 42.6 Å². The van der Waals surface area contributed by atoms with Crippen molar-refractivity contribution in [2.24, 2.45) is 0 Å². The third kappa shape index (κ3) is 3.77. The summed E-state index contributed by atoms with van der Waals surface area (Å²) in [6.45, 7) is 7.11. The first-order chi connectivity index (χ1) is 11.5. The summed E-state index contributed by atoms with van der Waals surface area (Å²) in [7, 11) is 0. The number of aromatic amines is 1. The number of anilines is 1. The zero-order valence-electron chi connectivity index (χ0n) is 14.4. The molecule has 0 unspecified atom stereocenters. The van der Waals surface area contributed by atoms with E-state index in [1.165, 1.54) is 33.2 Å². The van der Waals surface area contributed by atoms with E-state index < -0.39 is 0 Å². The standard InChI is InChI=1S/C20H23N3S/c1-13-4-6-18(15(3)10-13)23-20(24)21-9-8-16-12-22-19-7-5-14(2)11-17(16)19/h4-7,10-12,22H,8-9H2,1-3H3,(H2,21,23,24). The number of thiocarbonyl (C=S) groups is 1. The topological polar surface area (TPSA) is 39.8 Å². The van der Waals surface area contributed by atoms with E-state index in [1.807, 2.05) is 0 Å². The molecule has 0 saturated heterocycles. The molecule has 4 heteroatoms. The first-order valence-electron chi connectivity index (χ1n) is 8.21. The van der Waals surface area contributed by atoms with E-state index in [4.69, 9.17) is 12.2 Å². The molecule has 3 nitrogen and oxygen atoms in total. The molecule has 0 aliphatic heterocycles. The third-order valence-corrected chi connectivity index (χ3v) is 4.48. The average molecular weight is 337 g/mol. The molecule has 3 rings (SSSR count). The van der Waals surface area contributed by atoms with Gasteiger partial charge in [-0.25, -0.2) is 0 Å². The Labute approximate surface area is 148 Å². The van der Waals surface area contributed by atoms with Gasteiger partial charge in [-0.05, 0) is 68.7 Å². The molecule has 1 aromatic heterocycles. The largest absolute Gasteiger partial charge is 0.362 e. The van der Waals surface area contributed by atoms with Crippen LogP contribution in [0.4, 0.5) is 5.69 Å². The quantitative estimate of drug-likeness (QED) is 0.608. The molecule has 0 saturated carbocycles. The van der Waals surface area contributed by atoms with Gasteiger partial charge in [0.25, 0.3) is 0 Å². The molecule has 24 heavy (non-hydrogen) atoms. The predicted octanol–water partition coefficient (Wildman–Crippen LogP) is 4.62. The van der Waals surface area contributed by atoms with Crippen molar-refractivity contribution in [1.29, 1.82) is 0 Å². The van der Waals surface area contributed by atoms with Crippen molar-refractivity contribution in [3.8, 4) is 0 Å². The molecule has 0 radical (unpaired) electrons. The fourth-order valence-electron chi connectivity index (χ4n) is 2.93. The molecule has 0 spiro atoms. The third-order valence-electron chi connectivity index (χ3n) is 4.23. The second-order valence-electron chi connectivity index (χ2n) is 6.31. The van der Waals surface area contributed by atoms with E-state index in [9.17, 15) is 0 Å². The van der Waals surface area contributed by atoms with E-state index in [-0.39, 0.29) is 0 Å². The Morgan fingerprint density at radius 3 is 2.58 bits per heavy atom. The van der Waals surface area contributed by atoms with Crippen molar-refractivity contribution in [3.63, 3.8) is 0 Å². The van der Waals surface area contributed by atoms with Crippen molar-refractivity contribution >= 4 is 33.9 Å². The fourth-order valence-corrected chi connectivity index (χ4v) is 3.14. The molecule has 0 amide bonds. The van der Waals surface area contributed by atoms with Gasteiger partial charge in [-0.15, -0.1) is 0 Å². The molecular weight excluding hydrogens is 314 g/mol. The second-order valence-corrected chi connectivity index (χ2v) is 6.72. The van der Waals surface area contributed by atoms with E-state index >= 15 is 0 Å². The van der Waals surface area contributed by atoms with Crippen molar-refractivity contribution in [2.75, 3.05) is 11.9 Å². The maximum Gasteiger partial charge on any atom is 0.170 e. The molecule has 2 aromatic carbocycles. The van der Waals surface area contributed by atoms with Gasteiger partial charge in [0.1, 0.15) is 0 Å². The Kier molecular flexibility index (Phi) is 4.86. The lowest BCUT2D eigenvalue weighted by atomic mass is 10.1. The van der Waals surface area contributed by atoms with E-state index in [2.05, 4.69) is 79.0 Å². The van der Waals surface area contributed by atoms with Crippen LogP contribution in [0.3, 0.4) is 0 Å². The molecular formula is C20H23N3S. The number of rotatable bonds is 4. The molecule has 1 heterocycles. The van der Waals surface area contributed by atoms with Gasteiger partial charge in [0, 0.05) is 29.3 Å². The van der Waals surface area contributed by atoms with E-state index in [1.54, 1.807) is 0 Å². The van der Waals surface area contributed by atoms with Gasteiger partial charge in [-0.3, -0.25) is 0 Å². The summed E-state index contributed by atoms with van der Waals surface area (Å²) in [6.07, 6.45) is 3.02. The maximum atomic E-state index is 5.41. The van der Waals surface area contributed by atoms with E-state index in [0.717, 1.165) is 18.7 Å². The number of aryl methyl sites for hydroxylation is 3. The average Bonchev–Trinajstić information content (AvgIpc) is 2.92. The Morgan fingerprint density at radius 2 is 1.79 bits per heavy atom. The summed E-state index contributed by atoms with van der Waals surface area (Å²) in [5.41, 5.74) is 7.30. The first kappa shape index (κ1) is 16.5. The van der Waals surface area contributed by atoms with Gasteiger partial charge >= 0.3 is 0 Å². The summed E-state index contributed by atoms with van der Waals surface area (Å²) in [5.74, 6) is 0. The SMILES string of the molecule is Cc1ccc(NC(=S)NCCc2c[nH]c3ccc(C)cc23)c(C)c1. The van der Waals surface area contributed by atoms with Crippen molar-refractivity contribution in [1.82, 2.24) is 10.3 Å². The van der Waals surface area contributed by atoms with Crippen LogP contribution in [0.25, 0.3) is 10.9 Å². The van der Waals surface area contributed by atoms with Crippen LogP contribution in [0.2, 0.25) is 0 Å². The summed E-state index contributed by atoms with van der Waals surface area (Å²) in [5, 5.41) is 8.53. The summed E-state index contributed by atoms with van der Waals surface area (Å²) >= 11 is 5.41. The van der Waals surface area contributed by atoms with Crippen LogP contribution in [-0.4, -0.2) is 16.6 Å². The van der Waals surface area contributed by atoms with Gasteiger partial charge in [-0.2, -0.15) is 0 Å². The molecule has 0 atom stereocenters. The number of aromatic nitrogens is 1. The summed E-state index contributed by atoms with van der Waals surface area (Å²) < 4.78 is 0. The lowest BCUT2D eigenvalue weighted by Crippen LogP contribution is -2.30. The highest BCUT2D eigenvalue weighted by Crippen LogP contribution is 2.20. The lowest BCUT2D eigenvalue weighted by molar-refractivity contribution is 0.878. The number of fused-ring (bicyclic) bond motifs is 1. The van der Waals surface area contributed by atoms with Crippen LogP contribution in [0.5, 0.6) is 0 Å². The van der Waals surface area contributed by atoms with Gasteiger partial charge in [0.2, 0.25) is 0 Å². The summed E-state index contributed by atoms with van der Waals surface area (Å²) in [4.78, 5) is 3.33. The van der Waals surface area contributed by atoms with Crippen molar-refractivity contribution in [2.45, 2.75) is 27.2 Å². The number of benzene rings is 2. The zero-order chi connectivity index (χ0) is 17.1. The van der Waals surface area contributed by atoms with Gasteiger partial charge < -0.3 is 15.6 Å². The molecule has 0 fully saturated rings. The normalized spacial score (nSPS) is 10.8. The monoisotopic (exact) mass is 337 g/mol. The minimum Gasteiger partial charge on any atom is -0.362 e. The highest BCUT2D eigenvalue weighted by Gasteiger charge is 2.05. The Balaban J connectivity index is 1.57. The minimum atomic E-state index is 0.665. The lowest BCUT2D eigenvalue weighted by Gasteiger charge is -2.13. The van der Waals surface area contributed by atoms with Crippen LogP contribution >= 0.6 is 12.2 Å². The van der Waals surface area contributed by atoms with Crippen LogP contribution in [0, 0.1) is 20.8 Å². The molecule has 0 bridgehead atoms. The molecule has 3 N–H and O–H groups in total. The zero-order valence-corrected chi connectivity index (χ0v) is 15.2. The highest BCUT2D eigenvalue weighted by atomic mass is 32.1. The number of hydrogen-bond donors (Lipinski definition) is 3. The Morgan fingerprint density at radius 1 is 1.04 bits per heavy atom. The number of nitrogens with one attached hydrogen (secondary N) is 3. The number of H-pyrrole nitrogens is 1. The first-order valence-corrected chi connectivity index (χ1v) is 8.62. The molecule has 0 aliphatic rings. The van der Waals surface area contributed by atoms with Gasteiger partial charge in [0.15, 0.2) is 5.11 Å². The van der Waals surface area contributed by atoms with Crippen LogP contribution < -0.4 is 10.6 Å². The molecule has 3 aromatic rings. The van der Waals surface area contributed by atoms with Crippen molar-refractivity contribution < 1.29 is 0 Å². The van der Waals surface area contributed by atoms with Crippen LogP contribution in [0.1, 0.15) is 22.3 Å². The smallest absolute Gasteiger partial charge is 0.170 e. The molecule has 0 aliphatic carbocycles. The summed E-state index contributed by atoms with van der Waals surface area (Å²) in [6, 6.07) is 12.8. The van der Waals surface area contributed by atoms with Gasteiger partial charge in [-0.1, -0.05) is 29.3 Å². The Bertz CT molecular complexity index is 880.